The molecule has 0 aliphatic heterocycles. The lowest BCUT2D eigenvalue weighted by molar-refractivity contribution is -0.394. The Bertz CT molecular complexity index is 1360. The Labute approximate surface area is 205 Å². The first kappa shape index (κ1) is 24.6. The van der Waals surface area contributed by atoms with E-state index >= 15 is 0 Å². The number of nitrogens with zero attached hydrogens (tertiary/aromatic N) is 9. The number of nitro groups is 2. The quantitative estimate of drug-likeness (QED) is 0.239. The fourth-order valence-corrected chi connectivity index (χ4v) is 3.86. The van der Waals surface area contributed by atoms with E-state index in [-0.39, 0.29) is 17.4 Å². The van der Waals surface area contributed by atoms with Crippen molar-refractivity contribution < 1.29 is 9.85 Å². The first-order chi connectivity index (χ1) is 17.3. The van der Waals surface area contributed by atoms with E-state index in [9.17, 15) is 20.2 Å². The minimum absolute atomic E-state index is 0.0559. The van der Waals surface area contributed by atoms with Crippen LogP contribution in [0, 0.1) is 20.2 Å². The van der Waals surface area contributed by atoms with Crippen molar-refractivity contribution in [2.24, 2.45) is 0 Å². The summed E-state index contributed by atoms with van der Waals surface area (Å²) in [4.78, 5) is 26.8. The van der Waals surface area contributed by atoms with Gasteiger partial charge in [-0.2, -0.15) is 9.67 Å². The number of aromatic nitrogens is 8. The normalized spacial score (nSPS) is 12.1. The Balaban J connectivity index is 1.72. The summed E-state index contributed by atoms with van der Waals surface area (Å²) in [5.41, 5.74) is 0.671. The molecule has 36 heavy (non-hydrogen) atoms. The molecule has 188 valence electrons. The smallest absolute Gasteiger partial charge is 0.335 e. The lowest BCUT2D eigenvalue weighted by Gasteiger charge is -2.08. The van der Waals surface area contributed by atoms with Gasteiger partial charge in [0.05, 0.1) is 11.5 Å². The van der Waals surface area contributed by atoms with Gasteiger partial charge in [0.1, 0.15) is 17.6 Å². The van der Waals surface area contributed by atoms with Gasteiger partial charge in [0.2, 0.25) is 5.82 Å². The lowest BCUT2D eigenvalue weighted by Crippen LogP contribution is -2.08. The zero-order chi connectivity index (χ0) is 25.8. The average molecular weight is 495 g/mol. The number of hydrogen-bond donors (Lipinski definition) is 1. The summed E-state index contributed by atoms with van der Waals surface area (Å²) in [5, 5.41) is 41.2. The maximum atomic E-state index is 11.7. The molecule has 0 aliphatic rings. The van der Waals surface area contributed by atoms with Crippen LogP contribution in [-0.2, 0) is 13.0 Å². The second-order valence-electron chi connectivity index (χ2n) is 8.46. The molecule has 1 unspecified atom stereocenters. The van der Waals surface area contributed by atoms with Gasteiger partial charge in [0, 0.05) is 12.3 Å². The Morgan fingerprint density at radius 3 is 2.44 bits per heavy atom. The molecule has 0 fully saturated rings. The molecule has 0 aliphatic carbocycles. The number of nitrogens with one attached hydrogen (secondary N) is 1. The van der Waals surface area contributed by atoms with Crippen LogP contribution in [0.5, 0.6) is 0 Å². The monoisotopic (exact) mass is 494 g/mol. The zero-order valence-corrected chi connectivity index (χ0v) is 20.2. The largest absolute Gasteiger partial charge is 0.358 e. The molecule has 3 heterocycles. The van der Waals surface area contributed by atoms with Crippen LogP contribution in [-0.4, -0.2) is 49.8 Å². The molecule has 0 saturated carbocycles. The molecule has 0 saturated heterocycles. The fourth-order valence-electron chi connectivity index (χ4n) is 3.86. The summed E-state index contributed by atoms with van der Waals surface area (Å²) in [6.07, 6.45) is 3.82. The molecule has 0 spiro atoms. The first-order valence-corrected chi connectivity index (χ1v) is 11.7. The molecule has 1 aromatic carbocycles. The van der Waals surface area contributed by atoms with Crippen LogP contribution in [0.2, 0.25) is 0 Å². The molecular weight excluding hydrogens is 468 g/mol. The van der Waals surface area contributed by atoms with Gasteiger partial charge in [-0.15, -0.1) is 5.10 Å². The van der Waals surface area contributed by atoms with Crippen molar-refractivity contribution >= 4 is 11.5 Å². The average Bonchev–Trinajstić information content (AvgIpc) is 3.61. The van der Waals surface area contributed by atoms with Crippen molar-refractivity contribution in [1.29, 1.82) is 0 Å². The minimum Gasteiger partial charge on any atom is -0.358 e. The highest BCUT2D eigenvalue weighted by Gasteiger charge is 2.35. The molecule has 14 nitrogen and oxygen atoms in total. The maximum Gasteiger partial charge on any atom is 0.335 e. The molecule has 14 heteroatoms. The molecule has 0 amide bonds. The van der Waals surface area contributed by atoms with Crippen LogP contribution in [0.1, 0.15) is 63.2 Å². The fraction of sp³-hybridized carbons (Fsp3) is 0.409. The van der Waals surface area contributed by atoms with E-state index in [0.717, 1.165) is 53.5 Å². The third-order valence-corrected chi connectivity index (χ3v) is 6.01. The van der Waals surface area contributed by atoms with Gasteiger partial charge in [-0.3, -0.25) is 10.1 Å². The molecule has 0 radical (unpaired) electrons. The number of aromatic amines is 1. The second-order valence-corrected chi connectivity index (χ2v) is 8.46. The summed E-state index contributed by atoms with van der Waals surface area (Å²) < 4.78 is 3.06. The van der Waals surface area contributed by atoms with Crippen LogP contribution >= 0.6 is 0 Å². The van der Waals surface area contributed by atoms with Gasteiger partial charge in [-0.05, 0) is 45.9 Å². The van der Waals surface area contributed by atoms with Gasteiger partial charge in [-0.25, -0.2) is 14.8 Å². The van der Waals surface area contributed by atoms with Gasteiger partial charge < -0.3 is 10.1 Å². The highest BCUT2D eigenvalue weighted by molar-refractivity contribution is 5.72. The number of hydrogen-bond acceptors (Lipinski definition) is 9. The molecular formula is C22H26N10O4. The predicted octanol–water partition coefficient (Wildman–Crippen LogP) is 3.97. The summed E-state index contributed by atoms with van der Waals surface area (Å²) in [6, 6.07) is 7.84. The Hall–Kier alpha value is -4.49. The van der Waals surface area contributed by atoms with Crippen molar-refractivity contribution in [2.75, 3.05) is 0 Å². The zero-order valence-electron chi connectivity index (χ0n) is 20.2. The summed E-state index contributed by atoms with van der Waals surface area (Å²) in [5.74, 6) is 1.47. The van der Waals surface area contributed by atoms with Crippen molar-refractivity contribution in [1.82, 2.24) is 40.0 Å². The SMILES string of the molecule is CCCCc1nc(C(C)CC)nn1Cc1ccc(-n2c([N+](=O)[O-])cc([N+](=O)[O-])c2-c2nnn[nH]2)cc1. The number of H-pyrrole nitrogens is 1. The maximum absolute atomic E-state index is 11.7. The summed E-state index contributed by atoms with van der Waals surface area (Å²) in [7, 11) is 0. The third-order valence-electron chi connectivity index (χ3n) is 6.01. The van der Waals surface area contributed by atoms with E-state index in [1.165, 1.54) is 0 Å². The van der Waals surface area contributed by atoms with Crippen molar-refractivity contribution in [3.05, 3.63) is 67.8 Å². The number of tetrazole rings is 1. The summed E-state index contributed by atoms with van der Waals surface area (Å²) in [6.45, 7) is 6.81. The Morgan fingerprint density at radius 2 is 1.86 bits per heavy atom. The molecule has 4 rings (SSSR count). The number of aryl methyl sites for hydroxylation is 1. The summed E-state index contributed by atoms with van der Waals surface area (Å²) >= 11 is 0. The highest BCUT2D eigenvalue weighted by Crippen LogP contribution is 2.37. The lowest BCUT2D eigenvalue weighted by atomic mass is 10.1. The molecule has 1 N–H and O–H groups in total. The van der Waals surface area contributed by atoms with Crippen molar-refractivity contribution in [3.8, 4) is 17.2 Å². The highest BCUT2D eigenvalue weighted by atomic mass is 16.6. The Morgan fingerprint density at radius 1 is 1.11 bits per heavy atom. The Kier molecular flexibility index (Phi) is 7.12. The number of rotatable bonds is 11. The van der Waals surface area contributed by atoms with E-state index in [1.807, 2.05) is 16.8 Å². The first-order valence-electron chi connectivity index (χ1n) is 11.7. The van der Waals surface area contributed by atoms with Gasteiger partial charge in [0.25, 0.3) is 5.69 Å². The van der Waals surface area contributed by atoms with E-state index in [0.29, 0.717) is 12.2 Å². The molecule has 3 aromatic heterocycles. The second kappa shape index (κ2) is 10.4. The molecule has 1 atom stereocenters. The number of unbranched alkanes of at least 4 members (excludes halogenated alkanes) is 1. The van der Waals surface area contributed by atoms with E-state index in [1.54, 1.807) is 12.1 Å². The van der Waals surface area contributed by atoms with Gasteiger partial charge in [0.15, 0.2) is 5.82 Å². The third kappa shape index (κ3) is 4.82. The van der Waals surface area contributed by atoms with Crippen LogP contribution in [0.4, 0.5) is 11.5 Å². The van der Waals surface area contributed by atoms with E-state index in [4.69, 9.17) is 10.1 Å². The van der Waals surface area contributed by atoms with Crippen molar-refractivity contribution in [3.63, 3.8) is 0 Å². The topological polar surface area (TPSA) is 176 Å². The van der Waals surface area contributed by atoms with Crippen molar-refractivity contribution in [2.45, 2.75) is 58.9 Å². The predicted molar refractivity (Wildman–Crippen MR) is 129 cm³/mol. The van der Waals surface area contributed by atoms with Crippen LogP contribution in [0.3, 0.4) is 0 Å². The number of benzene rings is 1. The van der Waals surface area contributed by atoms with Crippen LogP contribution < -0.4 is 0 Å². The standard InChI is InChI=1S/C22H26N10O4/c1-4-6-7-18-23-21(14(3)5-2)26-29(18)13-15-8-10-16(11-9-15)30-19(32(35)36)12-17(31(33)34)20(30)22-24-27-28-25-22/h8-12,14H,4-7,13H2,1-3H3,(H,24,25,27,28). The molecule has 4 aromatic rings. The van der Waals surface area contributed by atoms with Gasteiger partial charge in [-0.1, -0.05) is 39.3 Å². The van der Waals surface area contributed by atoms with Crippen LogP contribution in [0.15, 0.2) is 30.3 Å². The van der Waals surface area contributed by atoms with Gasteiger partial charge >= 0.3 is 11.5 Å². The van der Waals surface area contributed by atoms with E-state index < -0.39 is 21.4 Å². The van der Waals surface area contributed by atoms with Crippen LogP contribution in [0.25, 0.3) is 17.2 Å². The van der Waals surface area contributed by atoms with E-state index in [2.05, 4.69) is 41.4 Å². The minimum atomic E-state index is -0.701. The molecule has 0 bridgehead atoms.